The molecule has 0 bridgehead atoms. The van der Waals surface area contributed by atoms with Crippen LogP contribution in [0.1, 0.15) is 58.4 Å². The lowest BCUT2D eigenvalue weighted by Gasteiger charge is -2.24. The lowest BCUT2D eigenvalue weighted by atomic mass is 9.99. The minimum atomic E-state index is -1.13. The number of thioether (sulfide) groups is 1. The van der Waals surface area contributed by atoms with Crippen LogP contribution in [0.2, 0.25) is 0 Å². The second-order valence-corrected chi connectivity index (χ2v) is 13.7. The molecule has 242 valence electrons. The fourth-order valence-corrected chi connectivity index (χ4v) is 7.04. The highest BCUT2D eigenvalue weighted by atomic mass is 79.9. The van der Waals surface area contributed by atoms with E-state index in [2.05, 4.69) is 47.8 Å². The summed E-state index contributed by atoms with van der Waals surface area (Å²) in [5, 5.41) is 16.6. The highest BCUT2D eigenvalue weighted by molar-refractivity contribution is 9.10. The number of halogens is 1. The van der Waals surface area contributed by atoms with Crippen molar-refractivity contribution in [3.05, 3.63) is 34.3 Å². The Labute approximate surface area is 270 Å². The number of hydrogen-bond acceptors (Lipinski definition) is 7. The van der Waals surface area contributed by atoms with Gasteiger partial charge in [0.1, 0.15) is 12.1 Å². The number of likely N-dealkylation sites (N-methyl/N-ethyl adjacent to an activating group) is 1. The summed E-state index contributed by atoms with van der Waals surface area (Å²) in [6.45, 7) is 5.46. The lowest BCUT2D eigenvalue weighted by Crippen LogP contribution is -2.55. The lowest BCUT2D eigenvalue weighted by molar-refractivity contribution is -0.140. The molecule has 0 saturated carbocycles. The third-order valence-corrected chi connectivity index (χ3v) is 9.47. The van der Waals surface area contributed by atoms with Crippen molar-refractivity contribution in [1.29, 1.82) is 0 Å². The van der Waals surface area contributed by atoms with Crippen LogP contribution in [-0.4, -0.2) is 83.7 Å². The van der Waals surface area contributed by atoms with Crippen LogP contribution in [-0.2, 0) is 30.4 Å². The first kappa shape index (κ1) is 35.4. The smallest absolute Gasteiger partial charge is 0.315 e. The summed E-state index contributed by atoms with van der Waals surface area (Å²) in [5.41, 5.74) is 0.747. The molecule has 2 aliphatic rings. The molecule has 12 nitrogen and oxygen atoms in total. The Morgan fingerprint density at radius 1 is 0.977 bits per heavy atom. The minimum Gasteiger partial charge on any atom is -0.350 e. The zero-order valence-electron chi connectivity index (χ0n) is 25.4. The van der Waals surface area contributed by atoms with Gasteiger partial charge in [0.15, 0.2) is 0 Å². The molecule has 1 unspecified atom stereocenters. The van der Waals surface area contributed by atoms with Crippen LogP contribution >= 0.6 is 27.7 Å². The van der Waals surface area contributed by atoms with E-state index in [1.54, 1.807) is 31.2 Å². The summed E-state index contributed by atoms with van der Waals surface area (Å²) in [6.07, 6.45) is 3.02. The molecule has 3 rings (SSSR count). The van der Waals surface area contributed by atoms with Gasteiger partial charge in [0.25, 0.3) is 5.91 Å². The number of carbonyl (C=O) groups excluding carboxylic acids is 6. The van der Waals surface area contributed by atoms with Crippen molar-refractivity contribution in [2.45, 2.75) is 88.7 Å². The van der Waals surface area contributed by atoms with Crippen LogP contribution < -0.4 is 31.9 Å². The number of hydrogen-bond donors (Lipinski definition) is 6. The number of carbonyl (C=O) groups is 6. The summed E-state index contributed by atoms with van der Waals surface area (Å²) in [4.78, 5) is 75.3. The van der Waals surface area contributed by atoms with E-state index in [4.69, 9.17) is 0 Å². The van der Waals surface area contributed by atoms with E-state index in [0.29, 0.717) is 18.1 Å². The molecule has 2 saturated heterocycles. The van der Waals surface area contributed by atoms with Crippen molar-refractivity contribution in [1.82, 2.24) is 31.9 Å². The molecular weight excluding hydrogens is 652 g/mol. The highest BCUT2D eigenvalue weighted by Gasteiger charge is 2.42. The molecule has 14 heteroatoms. The zero-order chi connectivity index (χ0) is 32.2. The number of rotatable bonds is 17. The van der Waals surface area contributed by atoms with Gasteiger partial charge in [-0.15, -0.1) is 0 Å². The molecule has 6 N–H and O–H groups in total. The predicted octanol–water partition coefficient (Wildman–Crippen LogP) is 1.55. The van der Waals surface area contributed by atoms with Crippen molar-refractivity contribution < 1.29 is 28.8 Å². The van der Waals surface area contributed by atoms with Crippen molar-refractivity contribution >= 4 is 63.1 Å². The maximum atomic E-state index is 13.3. The fraction of sp³-hybridized carbons (Fsp3) is 0.600. The van der Waals surface area contributed by atoms with Crippen LogP contribution in [0.5, 0.6) is 0 Å². The van der Waals surface area contributed by atoms with E-state index in [1.807, 2.05) is 25.6 Å². The van der Waals surface area contributed by atoms with Gasteiger partial charge in [0.2, 0.25) is 23.5 Å². The Hall–Kier alpha value is -3.13. The van der Waals surface area contributed by atoms with Crippen molar-refractivity contribution in [2.24, 2.45) is 5.92 Å². The largest absolute Gasteiger partial charge is 0.350 e. The van der Waals surface area contributed by atoms with Crippen LogP contribution in [0.15, 0.2) is 28.7 Å². The summed E-state index contributed by atoms with van der Waals surface area (Å²) in [5.74, 6) is -2.03. The fourth-order valence-electron chi connectivity index (χ4n) is 5.23. The summed E-state index contributed by atoms with van der Waals surface area (Å²) in [7, 11) is 0. The summed E-state index contributed by atoms with van der Waals surface area (Å²) in [6, 6.07) is 5.27. The molecule has 2 heterocycles. The zero-order valence-corrected chi connectivity index (χ0v) is 27.8. The van der Waals surface area contributed by atoms with Gasteiger partial charge in [-0.3, -0.25) is 24.0 Å². The summed E-state index contributed by atoms with van der Waals surface area (Å²) >= 11 is 5.19. The number of unbranched alkanes of at least 4 members (excludes halogenated alkanes) is 1. The Morgan fingerprint density at radius 2 is 1.70 bits per heavy atom. The van der Waals surface area contributed by atoms with Crippen molar-refractivity contribution in [3.63, 3.8) is 0 Å². The molecule has 1 aromatic rings. The van der Waals surface area contributed by atoms with E-state index in [9.17, 15) is 28.8 Å². The number of Topliss-reactive ketones (excluding diaryl/α,β-unsaturated/α-hetero) is 1. The van der Waals surface area contributed by atoms with Gasteiger partial charge >= 0.3 is 6.03 Å². The van der Waals surface area contributed by atoms with Gasteiger partial charge in [0.05, 0.1) is 18.6 Å². The highest BCUT2D eigenvalue weighted by Crippen LogP contribution is 2.33. The Bertz CT molecular complexity index is 1200. The maximum Gasteiger partial charge on any atom is 0.315 e. The number of amides is 6. The Kier molecular flexibility index (Phi) is 14.0. The molecule has 0 aliphatic carbocycles. The van der Waals surface area contributed by atoms with Crippen LogP contribution in [0.25, 0.3) is 0 Å². The topological polar surface area (TPSA) is 175 Å². The molecule has 5 atom stereocenters. The number of nitrogens with one attached hydrogen (secondary N) is 6. The summed E-state index contributed by atoms with van der Waals surface area (Å²) < 4.78 is 0.850. The van der Waals surface area contributed by atoms with Gasteiger partial charge in [0, 0.05) is 34.9 Å². The molecule has 0 aromatic heterocycles. The number of fused-ring (bicyclic) bond motifs is 1. The first-order valence-electron chi connectivity index (χ1n) is 15.1. The van der Waals surface area contributed by atoms with E-state index < -0.39 is 35.6 Å². The second-order valence-electron chi connectivity index (χ2n) is 11.5. The Morgan fingerprint density at radius 3 is 2.39 bits per heavy atom. The van der Waals surface area contributed by atoms with Gasteiger partial charge < -0.3 is 31.9 Å². The van der Waals surface area contributed by atoms with Crippen LogP contribution in [0, 0.1) is 5.92 Å². The standard InChI is InChI=1S/C30H43BrN6O6S/c1-4-32-29(42)27(40)20(14-18-9-11-19(31)12-10-18)35-28(41)21(13-17(2)3)34-25(39)15-33-24(38)8-6-5-7-23-26-22(16-44-23)36-30(43)37-26/h9-12,17,20-23,26H,4-8,13-16H2,1-3H3,(H,32,42)(H,33,38)(H,34,39)(H,35,41)(H2,36,37,43)/t20-,21-,22-,23?,26-/m0/s1. The predicted molar refractivity (Wildman–Crippen MR) is 172 cm³/mol. The number of urea groups is 1. The average molecular weight is 696 g/mol. The van der Waals surface area contributed by atoms with Crippen LogP contribution in [0.4, 0.5) is 4.79 Å². The average Bonchev–Trinajstić information content (AvgIpc) is 3.53. The van der Waals surface area contributed by atoms with Crippen LogP contribution in [0.3, 0.4) is 0 Å². The molecule has 6 amide bonds. The van der Waals surface area contributed by atoms with Gasteiger partial charge in [-0.05, 0) is 49.8 Å². The number of ketones is 1. The monoisotopic (exact) mass is 694 g/mol. The van der Waals surface area contributed by atoms with Crippen molar-refractivity contribution in [3.8, 4) is 0 Å². The normalized spacial score (nSPS) is 20.1. The molecule has 2 fully saturated rings. The molecule has 2 aliphatic heterocycles. The van der Waals surface area contributed by atoms with Gasteiger partial charge in [-0.1, -0.05) is 48.3 Å². The van der Waals surface area contributed by atoms with E-state index >= 15 is 0 Å². The first-order valence-corrected chi connectivity index (χ1v) is 16.9. The van der Waals surface area contributed by atoms with Crippen molar-refractivity contribution in [2.75, 3.05) is 18.8 Å². The second kappa shape index (κ2) is 17.4. The van der Waals surface area contributed by atoms with E-state index in [1.165, 1.54) is 0 Å². The number of benzene rings is 1. The quantitative estimate of drug-likeness (QED) is 0.0815. The molecule has 44 heavy (non-hydrogen) atoms. The van der Waals surface area contributed by atoms with E-state index in [-0.39, 0.29) is 55.9 Å². The third-order valence-electron chi connectivity index (χ3n) is 7.43. The minimum absolute atomic E-state index is 0.0336. The molecule has 1 aromatic carbocycles. The molecule has 0 radical (unpaired) electrons. The van der Waals surface area contributed by atoms with E-state index in [0.717, 1.165) is 28.6 Å². The SMILES string of the molecule is CCNC(=O)C(=O)[C@H](Cc1ccc(Br)cc1)NC(=O)[C@H](CC(C)C)NC(=O)CNC(=O)CCCCC1SC[C@@H]2NC(=O)N[C@H]12. The molecule has 0 spiro atoms. The van der Waals surface area contributed by atoms with Gasteiger partial charge in [-0.25, -0.2) is 4.79 Å². The Balaban J connectivity index is 1.48. The maximum absolute atomic E-state index is 13.3. The molecular formula is C30H43BrN6O6S. The third kappa shape index (κ3) is 11.1. The van der Waals surface area contributed by atoms with Gasteiger partial charge in [-0.2, -0.15) is 11.8 Å². The first-order chi connectivity index (χ1) is 21.0.